The largest absolute Gasteiger partial charge is 0.348 e. The Hall–Kier alpha value is -1.85. The highest BCUT2D eigenvalue weighted by Gasteiger charge is 2.28. The third kappa shape index (κ3) is 1.82. The van der Waals surface area contributed by atoms with Crippen LogP contribution in [0.4, 0.5) is 0 Å². The fourth-order valence-electron chi connectivity index (χ4n) is 3.03. The molecule has 0 fully saturated rings. The number of dihydropyridines is 1. The van der Waals surface area contributed by atoms with E-state index in [2.05, 4.69) is 11.1 Å². The number of allylic oxidation sites excluding steroid dienone is 1. The summed E-state index contributed by atoms with van der Waals surface area (Å²) < 4.78 is 4.45. The minimum absolute atomic E-state index is 0.0501. The molecular weight excluding hydrogens is 256 g/mol. The van der Waals surface area contributed by atoms with E-state index in [-0.39, 0.29) is 17.3 Å². The topological polar surface area (TPSA) is 61.3 Å². The smallest absolute Gasteiger partial charge is 0.264 e. The van der Waals surface area contributed by atoms with E-state index in [4.69, 9.17) is 0 Å². The van der Waals surface area contributed by atoms with Gasteiger partial charge < -0.3 is 0 Å². The Morgan fingerprint density at radius 2 is 1.65 bits per heavy atom. The number of hydrogen-bond donors (Lipinski definition) is 0. The molecule has 0 amide bonds. The monoisotopic (exact) mass is 276 g/mol. The first-order valence-electron chi connectivity index (χ1n) is 7.16. The molecule has 0 saturated heterocycles. The van der Waals surface area contributed by atoms with Gasteiger partial charge in [-0.15, -0.1) is 0 Å². The Bertz CT molecular complexity index is 679. The van der Waals surface area contributed by atoms with Crippen LogP contribution in [0.1, 0.15) is 39.8 Å². The molecule has 2 aliphatic rings. The van der Waals surface area contributed by atoms with Crippen molar-refractivity contribution in [3.63, 3.8) is 0 Å². The van der Waals surface area contributed by atoms with Gasteiger partial charge in [0.1, 0.15) is 6.17 Å². The van der Waals surface area contributed by atoms with Gasteiger partial charge in [-0.3, -0.25) is 4.99 Å². The first-order chi connectivity index (χ1) is 9.50. The van der Waals surface area contributed by atoms with E-state index in [1.54, 1.807) is 9.36 Å². The van der Waals surface area contributed by atoms with Crippen LogP contribution in [-0.2, 0) is 13.1 Å². The van der Waals surface area contributed by atoms with E-state index in [0.717, 1.165) is 24.1 Å². The molecule has 1 aromatic heterocycles. The van der Waals surface area contributed by atoms with Crippen molar-refractivity contribution in [2.75, 3.05) is 0 Å². The van der Waals surface area contributed by atoms with Crippen molar-refractivity contribution in [2.24, 2.45) is 10.9 Å². The van der Waals surface area contributed by atoms with Gasteiger partial charge in [-0.05, 0) is 32.3 Å². The maximum atomic E-state index is 12.5. The lowest BCUT2D eigenvalue weighted by molar-refractivity contribution is 0.348. The van der Waals surface area contributed by atoms with Crippen molar-refractivity contribution in [1.82, 2.24) is 13.9 Å². The molecule has 6 heteroatoms. The van der Waals surface area contributed by atoms with E-state index in [1.807, 2.05) is 20.8 Å². The van der Waals surface area contributed by atoms with Crippen molar-refractivity contribution in [3.05, 3.63) is 32.6 Å². The van der Waals surface area contributed by atoms with Crippen molar-refractivity contribution < 1.29 is 0 Å². The first-order valence-corrected chi connectivity index (χ1v) is 7.16. The molecule has 0 aromatic carbocycles. The SMILES string of the molecule is CC1=CC(C)C(n2c(=O)n3n(c2=O)CCCC3)N=C1C. The summed E-state index contributed by atoms with van der Waals surface area (Å²) in [5.41, 5.74) is 1.56. The second-order valence-corrected chi connectivity index (χ2v) is 5.73. The van der Waals surface area contributed by atoms with Crippen molar-refractivity contribution in [1.29, 1.82) is 0 Å². The predicted octanol–water partition coefficient (Wildman–Crippen LogP) is 1.16. The van der Waals surface area contributed by atoms with Crippen LogP contribution < -0.4 is 11.4 Å². The van der Waals surface area contributed by atoms with E-state index < -0.39 is 6.17 Å². The summed E-state index contributed by atoms with van der Waals surface area (Å²) in [5, 5.41) is 0. The molecule has 0 aliphatic carbocycles. The summed E-state index contributed by atoms with van der Waals surface area (Å²) in [6.07, 6.45) is 3.57. The van der Waals surface area contributed by atoms with Gasteiger partial charge >= 0.3 is 11.4 Å². The predicted molar refractivity (Wildman–Crippen MR) is 77.3 cm³/mol. The van der Waals surface area contributed by atoms with Gasteiger partial charge in [-0.2, -0.15) is 0 Å². The molecule has 20 heavy (non-hydrogen) atoms. The van der Waals surface area contributed by atoms with Crippen LogP contribution in [0, 0.1) is 5.92 Å². The molecule has 2 aliphatic heterocycles. The third-order valence-corrected chi connectivity index (χ3v) is 4.28. The maximum absolute atomic E-state index is 12.5. The highest BCUT2D eigenvalue weighted by Crippen LogP contribution is 2.25. The minimum Gasteiger partial charge on any atom is -0.264 e. The molecule has 0 N–H and O–H groups in total. The number of nitrogens with zero attached hydrogens (tertiary/aromatic N) is 4. The van der Waals surface area contributed by atoms with Crippen molar-refractivity contribution >= 4 is 5.71 Å². The van der Waals surface area contributed by atoms with Gasteiger partial charge in [-0.1, -0.05) is 13.0 Å². The molecule has 0 spiro atoms. The molecule has 3 heterocycles. The lowest BCUT2D eigenvalue weighted by atomic mass is 9.99. The Balaban J connectivity index is 2.15. The summed E-state index contributed by atoms with van der Waals surface area (Å²) in [6, 6.07) is 0. The van der Waals surface area contributed by atoms with Gasteiger partial charge in [0.25, 0.3) is 0 Å². The normalized spacial score (nSPS) is 25.9. The quantitative estimate of drug-likeness (QED) is 0.772. The molecule has 0 saturated carbocycles. The van der Waals surface area contributed by atoms with Crippen LogP contribution >= 0.6 is 0 Å². The van der Waals surface area contributed by atoms with Crippen LogP contribution in [0.2, 0.25) is 0 Å². The number of aliphatic imine (C=N–C) groups is 1. The Kier molecular flexibility index (Phi) is 3.03. The average Bonchev–Trinajstić information content (AvgIpc) is 2.68. The lowest BCUT2D eigenvalue weighted by Gasteiger charge is -2.23. The van der Waals surface area contributed by atoms with E-state index >= 15 is 0 Å². The van der Waals surface area contributed by atoms with E-state index in [0.29, 0.717) is 13.1 Å². The van der Waals surface area contributed by atoms with Crippen LogP contribution in [0.15, 0.2) is 26.2 Å². The molecule has 0 radical (unpaired) electrons. The molecule has 3 rings (SSSR count). The van der Waals surface area contributed by atoms with Gasteiger partial charge in [0.2, 0.25) is 0 Å². The molecule has 2 unspecified atom stereocenters. The average molecular weight is 276 g/mol. The van der Waals surface area contributed by atoms with Gasteiger partial charge in [0, 0.05) is 24.7 Å². The van der Waals surface area contributed by atoms with Gasteiger partial charge in [-0.25, -0.2) is 23.5 Å². The summed E-state index contributed by atoms with van der Waals surface area (Å²) in [7, 11) is 0. The van der Waals surface area contributed by atoms with Gasteiger partial charge in [0.15, 0.2) is 0 Å². The van der Waals surface area contributed by atoms with Gasteiger partial charge in [0.05, 0.1) is 0 Å². The Morgan fingerprint density at radius 1 is 1.10 bits per heavy atom. The zero-order valence-corrected chi connectivity index (χ0v) is 12.2. The van der Waals surface area contributed by atoms with E-state index in [9.17, 15) is 9.59 Å². The summed E-state index contributed by atoms with van der Waals surface area (Å²) >= 11 is 0. The second-order valence-electron chi connectivity index (χ2n) is 5.73. The zero-order valence-electron chi connectivity index (χ0n) is 12.2. The fourth-order valence-corrected chi connectivity index (χ4v) is 3.03. The van der Waals surface area contributed by atoms with E-state index in [1.165, 1.54) is 4.57 Å². The highest BCUT2D eigenvalue weighted by atomic mass is 16.2. The molecule has 2 atom stereocenters. The van der Waals surface area contributed by atoms with Crippen molar-refractivity contribution in [3.8, 4) is 0 Å². The summed E-state index contributed by atoms with van der Waals surface area (Å²) in [6.45, 7) is 7.17. The minimum atomic E-state index is -0.413. The first kappa shape index (κ1) is 13.1. The number of rotatable bonds is 1. The lowest BCUT2D eigenvalue weighted by Crippen LogP contribution is -2.36. The van der Waals surface area contributed by atoms with Crippen LogP contribution in [-0.4, -0.2) is 19.6 Å². The summed E-state index contributed by atoms with van der Waals surface area (Å²) in [5.74, 6) is 0.0501. The number of hydrogen-bond acceptors (Lipinski definition) is 3. The number of aromatic nitrogens is 3. The van der Waals surface area contributed by atoms with Crippen LogP contribution in [0.3, 0.4) is 0 Å². The second kappa shape index (κ2) is 4.61. The van der Waals surface area contributed by atoms with Crippen LogP contribution in [0.5, 0.6) is 0 Å². The van der Waals surface area contributed by atoms with Crippen molar-refractivity contribution in [2.45, 2.75) is 52.9 Å². The molecule has 6 nitrogen and oxygen atoms in total. The third-order valence-electron chi connectivity index (χ3n) is 4.28. The molecular formula is C14H20N4O2. The molecule has 1 aromatic rings. The Labute approximate surface area is 117 Å². The Morgan fingerprint density at radius 3 is 2.20 bits per heavy atom. The zero-order chi connectivity index (χ0) is 14.4. The maximum Gasteiger partial charge on any atom is 0.348 e. The number of fused-ring (bicyclic) bond motifs is 1. The summed E-state index contributed by atoms with van der Waals surface area (Å²) in [4.78, 5) is 29.5. The molecule has 0 bridgehead atoms. The fraction of sp³-hybridized carbons (Fsp3) is 0.643. The molecule has 108 valence electrons. The van der Waals surface area contributed by atoms with Crippen LogP contribution in [0.25, 0.3) is 0 Å². The standard InChI is InChI=1S/C14H20N4O2/c1-9-8-10(2)12(15-11(9)3)18-13(19)16-6-4-5-7-17(16)14(18)20/h8,10,12H,4-7H2,1-3H3. The highest BCUT2D eigenvalue weighted by molar-refractivity contribution is 5.98.